The van der Waals surface area contributed by atoms with Crippen LogP contribution in [0, 0.1) is 0 Å². The van der Waals surface area contributed by atoms with Crippen molar-refractivity contribution in [3.05, 3.63) is 91.0 Å². The molecule has 0 atom stereocenters. The molecule has 0 amide bonds. The fraction of sp³-hybridized carbons (Fsp3) is 0. The molecule has 0 saturated carbocycles. The van der Waals surface area contributed by atoms with Crippen LogP contribution in [-0.4, -0.2) is 0 Å². The van der Waals surface area contributed by atoms with Crippen LogP contribution in [0.1, 0.15) is 0 Å². The summed E-state index contributed by atoms with van der Waals surface area (Å²) >= 11 is 0. The van der Waals surface area contributed by atoms with E-state index in [0.29, 0.717) is 5.96 Å². The lowest BCUT2D eigenvalue weighted by atomic mass is 10.1. The van der Waals surface area contributed by atoms with Gasteiger partial charge in [-0.3, -0.25) is 8.83 Å². The highest BCUT2D eigenvalue weighted by atomic mass is 16.5. The van der Waals surface area contributed by atoms with Crippen molar-refractivity contribution in [2.45, 2.75) is 0 Å². The third-order valence-corrected chi connectivity index (χ3v) is 3.68. The van der Waals surface area contributed by atoms with Gasteiger partial charge in [-0.25, -0.2) is 0 Å². The molecule has 3 aromatic carbocycles. The van der Waals surface area contributed by atoms with Gasteiger partial charge in [0, 0.05) is 0 Å². The second-order valence-electron chi connectivity index (χ2n) is 5.25. The van der Waals surface area contributed by atoms with Crippen molar-refractivity contribution in [2.24, 2.45) is 0 Å². The van der Waals surface area contributed by atoms with Gasteiger partial charge < -0.3 is 0 Å². The highest BCUT2D eigenvalue weighted by Crippen LogP contribution is 2.38. The molecule has 2 heteroatoms. The minimum absolute atomic E-state index is 0.517. The molecule has 23 heavy (non-hydrogen) atoms. The highest BCUT2D eigenvalue weighted by molar-refractivity contribution is 5.76. The summed E-state index contributed by atoms with van der Waals surface area (Å²) in [5.74, 6) is 2.01. The van der Waals surface area contributed by atoms with Gasteiger partial charge in [0.1, 0.15) is 5.56 Å². The molecular weight excluding hydrogens is 284 g/mol. The summed E-state index contributed by atoms with van der Waals surface area (Å²) in [6, 6.07) is 29.9. The summed E-state index contributed by atoms with van der Waals surface area (Å²) in [6.07, 6.45) is 0. The second-order valence-corrected chi connectivity index (χ2v) is 5.25. The Balaban J connectivity index is 1.91. The smallest absolute Gasteiger partial charge is 0.265 e. The van der Waals surface area contributed by atoms with E-state index in [1.54, 1.807) is 0 Å². The van der Waals surface area contributed by atoms with Gasteiger partial charge in [0.25, 0.3) is 0 Å². The maximum absolute atomic E-state index is 6.07. The summed E-state index contributed by atoms with van der Waals surface area (Å²) in [7, 11) is 0. The summed E-state index contributed by atoms with van der Waals surface area (Å²) in [5, 5.41) is 0. The Morgan fingerprint density at radius 1 is 0.522 bits per heavy atom. The van der Waals surface area contributed by atoms with E-state index in [1.165, 1.54) is 0 Å². The van der Waals surface area contributed by atoms with Gasteiger partial charge >= 0.3 is 17.5 Å². The standard InChI is InChI=1S/C21H15O2/c1-4-10-16(11-5-1)19-20(17-12-6-2-7-13-17)23-21(22-19)18-14-8-3-9-15-18/h1-15H/q+1. The maximum atomic E-state index is 6.07. The predicted octanol–water partition coefficient (Wildman–Crippen LogP) is 6.15. The van der Waals surface area contributed by atoms with Crippen molar-refractivity contribution < 1.29 is 8.83 Å². The summed E-state index contributed by atoms with van der Waals surface area (Å²) in [5.41, 5.74) is 2.92. The van der Waals surface area contributed by atoms with Gasteiger partial charge in [-0.15, -0.1) is 0 Å². The van der Waals surface area contributed by atoms with Gasteiger partial charge in [0.15, 0.2) is 0 Å². The number of rotatable bonds is 3. The number of hydrogen-bond acceptors (Lipinski definition) is 1. The number of hydrogen-bond donors (Lipinski definition) is 0. The van der Waals surface area contributed by atoms with Crippen molar-refractivity contribution in [2.75, 3.05) is 0 Å². The van der Waals surface area contributed by atoms with Gasteiger partial charge in [0.05, 0.1) is 11.1 Å². The van der Waals surface area contributed by atoms with Crippen molar-refractivity contribution in [3.63, 3.8) is 0 Å². The fourth-order valence-electron chi connectivity index (χ4n) is 2.55. The molecule has 4 aromatic rings. The van der Waals surface area contributed by atoms with Crippen LogP contribution in [0.4, 0.5) is 0 Å². The zero-order valence-electron chi connectivity index (χ0n) is 12.5. The molecule has 0 N–H and O–H groups in total. The quantitative estimate of drug-likeness (QED) is 0.423. The monoisotopic (exact) mass is 299 g/mol. The van der Waals surface area contributed by atoms with E-state index in [4.69, 9.17) is 8.83 Å². The Hall–Kier alpha value is -3.13. The molecule has 0 fully saturated rings. The predicted molar refractivity (Wildman–Crippen MR) is 91.7 cm³/mol. The molecule has 0 spiro atoms. The van der Waals surface area contributed by atoms with Crippen molar-refractivity contribution >= 4 is 0 Å². The number of benzene rings is 3. The first-order valence-electron chi connectivity index (χ1n) is 7.55. The van der Waals surface area contributed by atoms with Crippen molar-refractivity contribution in [1.29, 1.82) is 0 Å². The van der Waals surface area contributed by atoms with E-state index in [9.17, 15) is 0 Å². The first-order chi connectivity index (χ1) is 11.4. The Kier molecular flexibility index (Phi) is 3.49. The largest absolute Gasteiger partial charge is 0.532 e. The second kappa shape index (κ2) is 5.93. The third-order valence-electron chi connectivity index (χ3n) is 3.68. The highest BCUT2D eigenvalue weighted by Gasteiger charge is 2.30. The zero-order valence-corrected chi connectivity index (χ0v) is 12.5. The van der Waals surface area contributed by atoms with Crippen LogP contribution >= 0.6 is 0 Å². The minimum atomic E-state index is 0.517. The van der Waals surface area contributed by atoms with E-state index in [2.05, 4.69) is 0 Å². The maximum Gasteiger partial charge on any atom is 0.532 e. The Morgan fingerprint density at radius 2 is 1.00 bits per heavy atom. The first-order valence-corrected chi connectivity index (χ1v) is 7.55. The van der Waals surface area contributed by atoms with E-state index < -0.39 is 0 Å². The van der Waals surface area contributed by atoms with Crippen molar-refractivity contribution in [1.82, 2.24) is 0 Å². The van der Waals surface area contributed by atoms with Crippen LogP contribution in [0.3, 0.4) is 0 Å². The van der Waals surface area contributed by atoms with E-state index >= 15 is 0 Å². The molecule has 0 aliphatic heterocycles. The molecule has 2 nitrogen and oxygen atoms in total. The van der Waals surface area contributed by atoms with E-state index in [0.717, 1.165) is 28.2 Å². The average Bonchev–Trinajstić information content (AvgIpc) is 3.09. The van der Waals surface area contributed by atoms with Gasteiger partial charge in [-0.05, 0) is 36.4 Å². The normalized spacial score (nSPS) is 10.6. The molecular formula is C21H15O2+. The van der Waals surface area contributed by atoms with Crippen LogP contribution in [-0.2, 0) is 0 Å². The molecule has 0 aliphatic carbocycles. The Morgan fingerprint density at radius 3 is 1.57 bits per heavy atom. The van der Waals surface area contributed by atoms with Crippen LogP contribution in [0.2, 0.25) is 0 Å². The summed E-state index contributed by atoms with van der Waals surface area (Å²) in [4.78, 5) is 0. The Labute approximate surface area is 134 Å². The average molecular weight is 299 g/mol. The fourth-order valence-corrected chi connectivity index (χ4v) is 2.55. The van der Waals surface area contributed by atoms with E-state index in [1.807, 2.05) is 91.0 Å². The van der Waals surface area contributed by atoms with Crippen LogP contribution in [0.15, 0.2) is 99.8 Å². The lowest BCUT2D eigenvalue weighted by molar-refractivity contribution is 0.478. The summed E-state index contributed by atoms with van der Waals surface area (Å²) in [6.45, 7) is 0. The zero-order chi connectivity index (χ0) is 15.5. The van der Waals surface area contributed by atoms with Gasteiger partial charge in [0.2, 0.25) is 0 Å². The van der Waals surface area contributed by atoms with Crippen LogP contribution in [0.5, 0.6) is 0 Å². The molecule has 4 rings (SSSR count). The topological polar surface area (TPSA) is 24.4 Å². The third kappa shape index (κ3) is 2.67. The lowest BCUT2D eigenvalue weighted by Gasteiger charge is -1.93. The SMILES string of the molecule is c1ccc(-c2oc(-c3ccccc3)c(-c3ccccc3)[o+]2)cc1. The van der Waals surface area contributed by atoms with Crippen molar-refractivity contribution in [3.8, 4) is 34.2 Å². The summed E-state index contributed by atoms with van der Waals surface area (Å²) < 4.78 is 12.1. The first kappa shape index (κ1) is 13.5. The lowest BCUT2D eigenvalue weighted by Crippen LogP contribution is -1.78. The molecule has 0 radical (unpaired) electrons. The minimum Gasteiger partial charge on any atom is -0.265 e. The molecule has 0 saturated heterocycles. The molecule has 1 heterocycles. The molecule has 110 valence electrons. The Bertz CT molecular complexity index is 838. The van der Waals surface area contributed by atoms with Crippen LogP contribution in [0.25, 0.3) is 34.2 Å². The van der Waals surface area contributed by atoms with Gasteiger partial charge in [-0.1, -0.05) is 54.6 Å². The molecule has 0 aliphatic rings. The molecule has 1 aromatic heterocycles. The molecule has 0 unspecified atom stereocenters. The van der Waals surface area contributed by atoms with Crippen LogP contribution < -0.4 is 0 Å². The van der Waals surface area contributed by atoms with E-state index in [-0.39, 0.29) is 0 Å². The molecule has 0 bridgehead atoms. The van der Waals surface area contributed by atoms with Gasteiger partial charge in [-0.2, -0.15) is 0 Å².